The van der Waals surface area contributed by atoms with Crippen LogP contribution in [0.2, 0.25) is 5.02 Å². The lowest BCUT2D eigenvalue weighted by Gasteiger charge is -2.28. The minimum Gasteiger partial charge on any atom is -0.206 e. The fourth-order valence-electron chi connectivity index (χ4n) is 4.97. The van der Waals surface area contributed by atoms with Crippen LogP contribution in [0.15, 0.2) is 30.3 Å². The molecular weight excluding hydrogens is 486 g/mol. The van der Waals surface area contributed by atoms with Gasteiger partial charge in [0.1, 0.15) is 17.5 Å². The Morgan fingerprint density at radius 3 is 2.00 bits per heavy atom. The van der Waals surface area contributed by atoms with Crippen LogP contribution in [-0.2, 0) is 6.42 Å². The number of aryl methyl sites for hydroxylation is 1. The zero-order chi connectivity index (χ0) is 25.6. The largest absolute Gasteiger partial charge is 0.409 e. The number of hydrogen-bond donors (Lipinski definition) is 0. The average Bonchev–Trinajstić information content (AvgIpc) is 2.77. The van der Waals surface area contributed by atoms with E-state index in [1.54, 1.807) is 0 Å². The van der Waals surface area contributed by atoms with Crippen molar-refractivity contribution in [1.82, 2.24) is 0 Å². The fraction of sp³-hybridized carbons (Fsp3) is 0.500. The van der Waals surface area contributed by atoms with Crippen molar-refractivity contribution < 1.29 is 26.3 Å². The molecule has 0 atom stereocenters. The quantitative estimate of drug-likeness (QED) is 0.230. The molecule has 1 saturated carbocycles. The number of alkyl halides is 3. The minimum absolute atomic E-state index is 0.147. The molecule has 2 aromatic carbocycles. The highest BCUT2D eigenvalue weighted by molar-refractivity contribution is 6.32. The Balaban J connectivity index is 1.66. The van der Waals surface area contributed by atoms with Gasteiger partial charge in [0.15, 0.2) is 0 Å². The molecule has 1 fully saturated rings. The third-order valence-electron chi connectivity index (χ3n) is 6.93. The molecule has 0 aliphatic heterocycles. The molecule has 0 bridgehead atoms. The van der Waals surface area contributed by atoms with Gasteiger partial charge in [0.2, 0.25) is 0 Å². The lowest BCUT2D eigenvalue weighted by molar-refractivity contribution is -0.0790. The first-order valence-corrected chi connectivity index (χ1v) is 12.7. The second kappa shape index (κ2) is 12.3. The van der Waals surface area contributed by atoms with Crippen molar-refractivity contribution in [2.24, 2.45) is 11.8 Å². The molecule has 0 saturated heterocycles. The van der Waals surface area contributed by atoms with Crippen molar-refractivity contribution >= 4 is 17.7 Å². The number of hydrogen-bond acceptors (Lipinski definition) is 0. The second-order valence-electron chi connectivity index (χ2n) is 9.58. The number of halogens is 7. The summed E-state index contributed by atoms with van der Waals surface area (Å²) in [5.74, 6) is -1.45. The Bertz CT molecular complexity index is 973. The van der Waals surface area contributed by atoms with Crippen LogP contribution >= 0.6 is 11.6 Å². The van der Waals surface area contributed by atoms with Gasteiger partial charge in [-0.3, -0.25) is 0 Å². The van der Waals surface area contributed by atoms with Gasteiger partial charge < -0.3 is 0 Å². The molecule has 35 heavy (non-hydrogen) atoms. The highest BCUT2D eigenvalue weighted by atomic mass is 35.5. The zero-order valence-corrected chi connectivity index (χ0v) is 20.6. The van der Waals surface area contributed by atoms with E-state index in [9.17, 15) is 26.3 Å². The summed E-state index contributed by atoms with van der Waals surface area (Å²) in [6.45, 7) is 2.21. The van der Waals surface area contributed by atoms with Crippen LogP contribution in [0.4, 0.5) is 26.3 Å². The Morgan fingerprint density at radius 2 is 1.46 bits per heavy atom. The monoisotopic (exact) mass is 516 g/mol. The lowest BCUT2D eigenvalue weighted by Crippen LogP contribution is -2.15. The number of unbranched alkanes of at least 4 members (excludes halogenated alkanes) is 2. The maximum Gasteiger partial charge on any atom is 0.409 e. The molecule has 0 nitrogen and oxygen atoms in total. The summed E-state index contributed by atoms with van der Waals surface area (Å²) in [5.41, 5.74) is -0.580. The highest BCUT2D eigenvalue weighted by Gasteiger charge is 2.24. The Morgan fingerprint density at radius 1 is 0.857 bits per heavy atom. The van der Waals surface area contributed by atoms with E-state index in [1.807, 2.05) is 0 Å². The van der Waals surface area contributed by atoms with Gasteiger partial charge in [-0.25, -0.2) is 13.2 Å². The van der Waals surface area contributed by atoms with Crippen LogP contribution in [0.5, 0.6) is 0 Å². The van der Waals surface area contributed by atoms with E-state index >= 15 is 0 Å². The van der Waals surface area contributed by atoms with Crippen molar-refractivity contribution in [1.29, 1.82) is 0 Å². The topological polar surface area (TPSA) is 0 Å². The smallest absolute Gasteiger partial charge is 0.206 e. The number of benzene rings is 2. The fourth-order valence-corrected chi connectivity index (χ4v) is 5.24. The minimum atomic E-state index is -4.64. The molecule has 0 amide bonds. The third kappa shape index (κ3) is 8.03. The van der Waals surface area contributed by atoms with E-state index in [4.69, 9.17) is 11.6 Å². The predicted octanol–water partition coefficient (Wildman–Crippen LogP) is 10.3. The maximum atomic E-state index is 14.9. The van der Waals surface area contributed by atoms with Gasteiger partial charge in [-0.05, 0) is 66.1 Å². The van der Waals surface area contributed by atoms with E-state index in [-0.39, 0.29) is 16.7 Å². The van der Waals surface area contributed by atoms with Crippen molar-refractivity contribution in [3.05, 3.63) is 63.9 Å². The summed E-state index contributed by atoms with van der Waals surface area (Å²) in [4.78, 5) is 0. The summed E-state index contributed by atoms with van der Waals surface area (Å²) >= 11 is 5.93. The molecule has 1 aliphatic carbocycles. The molecule has 0 N–H and O–H groups in total. The summed E-state index contributed by atoms with van der Waals surface area (Å²) in [6.07, 6.45) is 6.95. The van der Waals surface area contributed by atoms with Gasteiger partial charge in [0.05, 0.1) is 10.6 Å². The van der Waals surface area contributed by atoms with E-state index in [1.165, 1.54) is 50.7 Å². The van der Waals surface area contributed by atoms with Crippen molar-refractivity contribution in [3.8, 4) is 11.1 Å². The number of allylic oxidation sites excluding steroid dienone is 1. The molecule has 0 unspecified atom stereocenters. The van der Waals surface area contributed by atoms with Crippen LogP contribution in [-0.4, -0.2) is 6.18 Å². The molecule has 0 aromatic heterocycles. The van der Waals surface area contributed by atoms with E-state index < -0.39 is 34.8 Å². The molecule has 0 spiro atoms. The van der Waals surface area contributed by atoms with Crippen LogP contribution < -0.4 is 0 Å². The molecule has 0 heterocycles. The van der Waals surface area contributed by atoms with Gasteiger partial charge in [-0.2, -0.15) is 13.2 Å². The normalized spacial score (nSPS) is 19.0. The van der Waals surface area contributed by atoms with Gasteiger partial charge in [0, 0.05) is 11.6 Å². The molecule has 1 aliphatic rings. The SMILES string of the molecule is CCCCCC1CCC(CCc2cc(F)c(-c3cc(F)c(/C=C/C(F)(F)F)c(Cl)c3)c(F)c2)CC1. The maximum absolute atomic E-state index is 14.9. The summed E-state index contributed by atoms with van der Waals surface area (Å²) in [5, 5.41) is -0.367. The lowest BCUT2D eigenvalue weighted by atomic mass is 9.77. The number of rotatable bonds is 9. The average molecular weight is 517 g/mol. The first kappa shape index (κ1) is 27.6. The van der Waals surface area contributed by atoms with Crippen molar-refractivity contribution in [3.63, 3.8) is 0 Å². The van der Waals surface area contributed by atoms with Crippen molar-refractivity contribution in [2.45, 2.75) is 77.3 Å². The summed E-state index contributed by atoms with van der Waals surface area (Å²) in [6, 6.07) is 4.36. The predicted molar refractivity (Wildman–Crippen MR) is 130 cm³/mol. The van der Waals surface area contributed by atoms with Gasteiger partial charge in [0.25, 0.3) is 0 Å². The molecule has 7 heteroatoms. The van der Waals surface area contributed by atoms with Crippen LogP contribution in [0.1, 0.15) is 75.8 Å². The van der Waals surface area contributed by atoms with Gasteiger partial charge in [-0.15, -0.1) is 0 Å². The van der Waals surface area contributed by atoms with Crippen LogP contribution in [0.3, 0.4) is 0 Å². The second-order valence-corrected chi connectivity index (χ2v) is 9.99. The van der Waals surface area contributed by atoms with E-state index in [0.29, 0.717) is 24.0 Å². The van der Waals surface area contributed by atoms with Crippen LogP contribution in [0.25, 0.3) is 17.2 Å². The molecule has 2 aromatic rings. The Labute approximate surface area is 208 Å². The van der Waals surface area contributed by atoms with Gasteiger partial charge in [-0.1, -0.05) is 69.9 Å². The Kier molecular flexibility index (Phi) is 9.74. The van der Waals surface area contributed by atoms with Gasteiger partial charge >= 0.3 is 6.18 Å². The molecular formula is C28H31ClF6. The van der Waals surface area contributed by atoms with E-state index in [0.717, 1.165) is 37.3 Å². The highest BCUT2D eigenvalue weighted by Crippen LogP contribution is 2.36. The standard InChI is InChI=1S/C28H31ClF6/c1-2-3-4-5-18-6-8-19(9-7-18)10-11-20-14-25(31)27(26(32)15-20)21-16-23(29)22(24(30)17-21)12-13-28(33,34)35/h12-19H,2-11H2,1H3/b13-12+. The zero-order valence-electron chi connectivity index (χ0n) is 19.8. The molecule has 3 rings (SSSR count). The third-order valence-corrected chi connectivity index (χ3v) is 7.24. The first-order chi connectivity index (χ1) is 16.6. The molecule has 0 radical (unpaired) electrons. The van der Waals surface area contributed by atoms with E-state index in [2.05, 4.69) is 6.92 Å². The van der Waals surface area contributed by atoms with Crippen molar-refractivity contribution in [2.75, 3.05) is 0 Å². The first-order valence-electron chi connectivity index (χ1n) is 12.3. The molecule has 192 valence electrons. The Hall–Kier alpha value is -1.95. The van der Waals surface area contributed by atoms with Crippen LogP contribution in [0, 0.1) is 29.3 Å². The summed E-state index contributed by atoms with van der Waals surface area (Å²) in [7, 11) is 0. The summed E-state index contributed by atoms with van der Waals surface area (Å²) < 4.78 is 81.3.